The Balaban J connectivity index is 0.817. The molecule has 3 fully saturated rings. The summed E-state index contributed by atoms with van der Waals surface area (Å²) in [6.07, 6.45) is 0.464. The van der Waals surface area contributed by atoms with Crippen molar-refractivity contribution >= 4 is 62.5 Å². The maximum atomic E-state index is 13.4. The average molecular weight is 832 g/mol. The highest BCUT2D eigenvalue weighted by Crippen LogP contribution is 2.42. The number of piperidine rings is 1. The molecule has 2 aromatic carbocycles. The number of nitrogens with one attached hydrogen (secondary N) is 3. The lowest BCUT2D eigenvalue weighted by atomic mass is 9.81. The first-order chi connectivity index (χ1) is 28.0. The molecule has 4 aromatic rings. The van der Waals surface area contributed by atoms with Crippen molar-refractivity contribution in [1.82, 2.24) is 25.1 Å². The number of alkyl halides is 3. The molecule has 5 heterocycles. The molecular formula is C42H44F3N7O6S. The van der Waals surface area contributed by atoms with Gasteiger partial charge < -0.3 is 20.6 Å². The van der Waals surface area contributed by atoms with E-state index in [1.165, 1.54) is 17.4 Å². The number of nitrogens with zero attached hydrogens (tertiary/aromatic N) is 4. The van der Waals surface area contributed by atoms with Gasteiger partial charge in [0.15, 0.2) is 0 Å². The summed E-state index contributed by atoms with van der Waals surface area (Å²) < 4.78 is 40.5. The summed E-state index contributed by atoms with van der Waals surface area (Å²) in [5, 5.41) is 20.2. The number of aromatic nitrogens is 2. The molecule has 310 valence electrons. The summed E-state index contributed by atoms with van der Waals surface area (Å²) in [6, 6.07) is 10.7. The third-order valence-corrected chi connectivity index (χ3v) is 13.0. The van der Waals surface area contributed by atoms with Gasteiger partial charge in [0.1, 0.15) is 17.4 Å². The van der Waals surface area contributed by atoms with Gasteiger partial charge in [0.25, 0.3) is 17.7 Å². The maximum absolute atomic E-state index is 13.4. The minimum absolute atomic E-state index is 0.0668. The number of aliphatic hydroxyl groups is 1. The fraction of sp³-hybridized carbons (Fsp3) is 0.452. The standard InChI is InChI=1S/C42H44F3N7O6S/c1-41(2,58)26-17-30-32(18-29(26)48-36(54)28-7-4-8-33(47-28)42(43,44)45)59-38(49-30)24-11-9-22(10-12-24)19-51-20-23(21-51)15-16-46-27-6-3-5-25-35(27)40(57)52(39(25)56)31-13-14-34(53)50-37(31)55/h3-8,17-18,22-24,31,46,58H,9-16,19-21H2,1-2H3,(H,48,54)(H,50,53,55)/t22-,24-,31?. The van der Waals surface area contributed by atoms with Gasteiger partial charge in [0.2, 0.25) is 11.8 Å². The molecule has 1 aliphatic carbocycles. The average Bonchev–Trinajstić information content (AvgIpc) is 3.70. The number of likely N-dealkylation sites (tertiary alicyclic amines) is 1. The topological polar surface area (TPSA) is 174 Å². The zero-order valence-electron chi connectivity index (χ0n) is 32.5. The molecule has 4 N–H and O–H groups in total. The Bertz CT molecular complexity index is 2350. The third kappa shape index (κ3) is 8.32. The largest absolute Gasteiger partial charge is 0.433 e. The van der Waals surface area contributed by atoms with Crippen LogP contribution in [-0.4, -0.2) is 86.6 Å². The highest BCUT2D eigenvalue weighted by Gasteiger charge is 2.46. The Labute approximate surface area is 341 Å². The molecule has 2 saturated heterocycles. The second-order valence-electron chi connectivity index (χ2n) is 16.5. The number of anilines is 2. The first kappa shape index (κ1) is 40.5. The van der Waals surface area contributed by atoms with Crippen molar-refractivity contribution in [3.63, 3.8) is 0 Å². The summed E-state index contributed by atoms with van der Waals surface area (Å²) in [7, 11) is 0. The van der Waals surface area contributed by atoms with Gasteiger partial charge in [0.05, 0.1) is 32.0 Å². The maximum Gasteiger partial charge on any atom is 0.433 e. The molecule has 59 heavy (non-hydrogen) atoms. The number of hydrogen-bond donors (Lipinski definition) is 4. The predicted octanol–water partition coefficient (Wildman–Crippen LogP) is 6.30. The molecule has 17 heteroatoms. The van der Waals surface area contributed by atoms with E-state index >= 15 is 0 Å². The van der Waals surface area contributed by atoms with Gasteiger partial charge in [-0.1, -0.05) is 12.1 Å². The van der Waals surface area contributed by atoms with Crippen LogP contribution >= 0.6 is 11.3 Å². The Hall–Kier alpha value is -5.26. The third-order valence-electron chi connectivity index (χ3n) is 11.8. The van der Waals surface area contributed by atoms with E-state index in [1.54, 1.807) is 44.2 Å². The van der Waals surface area contributed by atoms with E-state index in [9.17, 15) is 42.3 Å². The smallest absolute Gasteiger partial charge is 0.386 e. The number of amides is 5. The first-order valence-electron chi connectivity index (χ1n) is 19.9. The molecule has 0 radical (unpaired) electrons. The lowest BCUT2D eigenvalue weighted by Crippen LogP contribution is -2.54. The second-order valence-corrected chi connectivity index (χ2v) is 17.6. The highest BCUT2D eigenvalue weighted by atomic mass is 32.1. The van der Waals surface area contributed by atoms with Crippen molar-refractivity contribution in [1.29, 1.82) is 0 Å². The van der Waals surface area contributed by atoms with Gasteiger partial charge >= 0.3 is 6.18 Å². The number of carbonyl (C=O) groups excluding carboxylic acids is 5. The van der Waals surface area contributed by atoms with Crippen molar-refractivity contribution in [3.8, 4) is 0 Å². The normalized spacial score (nSPS) is 21.7. The van der Waals surface area contributed by atoms with Crippen LogP contribution in [-0.2, 0) is 21.4 Å². The van der Waals surface area contributed by atoms with E-state index < -0.39 is 53.0 Å². The van der Waals surface area contributed by atoms with Gasteiger partial charge in [-0.25, -0.2) is 9.97 Å². The van der Waals surface area contributed by atoms with E-state index in [0.29, 0.717) is 35.1 Å². The summed E-state index contributed by atoms with van der Waals surface area (Å²) >= 11 is 1.53. The van der Waals surface area contributed by atoms with Gasteiger partial charge in [-0.3, -0.25) is 34.2 Å². The number of rotatable bonds is 11. The first-order valence-corrected chi connectivity index (χ1v) is 20.7. The number of halogens is 3. The van der Waals surface area contributed by atoms with Crippen LogP contribution in [0, 0.1) is 11.8 Å². The van der Waals surface area contributed by atoms with Crippen molar-refractivity contribution in [2.75, 3.05) is 36.8 Å². The summed E-state index contributed by atoms with van der Waals surface area (Å²) in [4.78, 5) is 75.6. The summed E-state index contributed by atoms with van der Waals surface area (Å²) in [5.74, 6) is -1.58. The van der Waals surface area contributed by atoms with E-state index in [2.05, 4.69) is 25.8 Å². The minimum Gasteiger partial charge on any atom is -0.386 e. The SMILES string of the molecule is CC(C)(O)c1cc2nc([C@H]3CC[C@H](CN4CC(CCNc5cccc6c5C(=O)N(C5CCC(=O)NC5=O)C6=O)C4)CC3)sc2cc1NC(=O)c1cccc(C(F)(F)F)n1. The quantitative estimate of drug-likeness (QED) is 0.126. The van der Waals surface area contributed by atoms with Crippen molar-refractivity contribution in [2.24, 2.45) is 11.8 Å². The molecule has 8 rings (SSSR count). The van der Waals surface area contributed by atoms with Crippen LogP contribution in [0.4, 0.5) is 24.5 Å². The van der Waals surface area contributed by atoms with Crippen LogP contribution in [0.2, 0.25) is 0 Å². The molecule has 13 nitrogen and oxygen atoms in total. The Morgan fingerprint density at radius 2 is 1.68 bits per heavy atom. The molecule has 0 spiro atoms. The van der Waals surface area contributed by atoms with Crippen LogP contribution in [0.3, 0.4) is 0 Å². The summed E-state index contributed by atoms with van der Waals surface area (Å²) in [6.45, 7) is 6.76. The number of carbonyl (C=O) groups is 5. The Morgan fingerprint density at radius 1 is 0.932 bits per heavy atom. The number of pyridine rings is 1. The molecule has 0 bridgehead atoms. The Kier molecular flexibility index (Phi) is 10.8. The van der Waals surface area contributed by atoms with Gasteiger partial charge in [-0.15, -0.1) is 11.3 Å². The zero-order valence-corrected chi connectivity index (χ0v) is 33.3. The molecule has 1 saturated carbocycles. The van der Waals surface area contributed by atoms with E-state index in [-0.39, 0.29) is 41.3 Å². The lowest BCUT2D eigenvalue weighted by Gasteiger charge is -2.42. The van der Waals surface area contributed by atoms with Gasteiger partial charge in [-0.2, -0.15) is 13.2 Å². The second kappa shape index (κ2) is 15.7. The number of benzene rings is 2. The van der Waals surface area contributed by atoms with E-state index in [1.807, 2.05) is 0 Å². The molecule has 1 atom stereocenters. The van der Waals surface area contributed by atoms with E-state index in [4.69, 9.17) is 4.98 Å². The fourth-order valence-electron chi connectivity index (χ4n) is 8.72. The number of thiazole rings is 1. The monoisotopic (exact) mass is 831 g/mol. The molecular weight excluding hydrogens is 788 g/mol. The lowest BCUT2D eigenvalue weighted by molar-refractivity contribution is -0.141. The summed E-state index contributed by atoms with van der Waals surface area (Å²) in [5.41, 5.74) is -0.486. The number of fused-ring (bicyclic) bond motifs is 2. The predicted molar refractivity (Wildman–Crippen MR) is 213 cm³/mol. The fourth-order valence-corrected chi connectivity index (χ4v) is 9.88. The molecule has 4 aliphatic rings. The zero-order chi connectivity index (χ0) is 41.8. The van der Waals surface area contributed by atoms with Crippen LogP contribution in [0.25, 0.3) is 10.2 Å². The molecule has 1 unspecified atom stereocenters. The van der Waals surface area contributed by atoms with Crippen molar-refractivity contribution < 1.29 is 42.3 Å². The van der Waals surface area contributed by atoms with Crippen molar-refractivity contribution in [3.05, 3.63) is 81.6 Å². The van der Waals surface area contributed by atoms with Crippen LogP contribution in [0.5, 0.6) is 0 Å². The van der Waals surface area contributed by atoms with Gasteiger partial charge in [-0.05, 0) is 101 Å². The van der Waals surface area contributed by atoms with Crippen LogP contribution in [0.1, 0.15) is 112 Å². The molecule has 5 amide bonds. The van der Waals surface area contributed by atoms with Crippen LogP contribution < -0.4 is 16.0 Å². The number of hydrogen-bond acceptors (Lipinski definition) is 11. The highest BCUT2D eigenvalue weighted by molar-refractivity contribution is 7.18. The Morgan fingerprint density at radius 3 is 2.39 bits per heavy atom. The van der Waals surface area contributed by atoms with Crippen LogP contribution in [0.15, 0.2) is 48.5 Å². The van der Waals surface area contributed by atoms with E-state index in [0.717, 1.165) is 78.5 Å². The van der Waals surface area contributed by atoms with Crippen molar-refractivity contribution in [2.45, 2.75) is 82.5 Å². The minimum atomic E-state index is -4.70. The number of imide groups is 2. The van der Waals surface area contributed by atoms with Gasteiger partial charge in [0, 0.05) is 55.5 Å². The molecule has 2 aromatic heterocycles. The molecule has 3 aliphatic heterocycles.